The molecule has 386 valence electrons. The van der Waals surface area contributed by atoms with E-state index >= 15 is 0 Å². The van der Waals surface area contributed by atoms with E-state index in [2.05, 4.69) is 41.9 Å². The van der Waals surface area contributed by atoms with Gasteiger partial charge in [0.25, 0.3) is 5.16 Å². The van der Waals surface area contributed by atoms with Crippen molar-refractivity contribution in [3.05, 3.63) is 91.0 Å². The lowest BCUT2D eigenvalue weighted by molar-refractivity contribution is -0.383. The molecule has 4 aromatic rings. The van der Waals surface area contributed by atoms with Gasteiger partial charge >= 0.3 is 29.3 Å². The van der Waals surface area contributed by atoms with Crippen LogP contribution in [0.2, 0.25) is 0 Å². The molecule has 2 fully saturated rings. The zero-order valence-corrected chi connectivity index (χ0v) is 41.8. The summed E-state index contributed by atoms with van der Waals surface area (Å²) in [4.78, 5) is 70.5. The van der Waals surface area contributed by atoms with Crippen molar-refractivity contribution in [2.45, 2.75) is 103 Å². The van der Waals surface area contributed by atoms with E-state index in [1.807, 2.05) is 43.3 Å². The number of esters is 2. The minimum absolute atomic E-state index is 0.00428. The van der Waals surface area contributed by atoms with Crippen LogP contribution in [0.1, 0.15) is 94.4 Å². The number of hydrogen-bond acceptors (Lipinski definition) is 21. The van der Waals surface area contributed by atoms with Crippen molar-refractivity contribution in [1.82, 2.24) is 29.7 Å². The number of nitrogen functional groups attached to an aromatic ring is 2. The van der Waals surface area contributed by atoms with Crippen LogP contribution in [0.5, 0.6) is 6.01 Å². The van der Waals surface area contributed by atoms with E-state index in [0.717, 1.165) is 75.1 Å². The molecular weight excluding hydrogens is 941 g/mol. The van der Waals surface area contributed by atoms with Gasteiger partial charge in [-0.05, 0) is 94.4 Å². The van der Waals surface area contributed by atoms with Crippen molar-refractivity contribution in [3.63, 3.8) is 0 Å². The lowest BCUT2D eigenvalue weighted by Crippen LogP contribution is -2.29. The van der Waals surface area contributed by atoms with Crippen molar-refractivity contribution in [3.8, 4) is 6.01 Å². The van der Waals surface area contributed by atoms with E-state index in [1.54, 1.807) is 18.7 Å². The maximum atomic E-state index is 12.1. The highest BCUT2D eigenvalue weighted by Crippen LogP contribution is 2.35. The number of nitrogens with two attached hydrogens (primary N) is 2. The van der Waals surface area contributed by atoms with Gasteiger partial charge in [-0.3, -0.25) is 39.6 Å². The van der Waals surface area contributed by atoms with Gasteiger partial charge in [-0.2, -0.15) is 19.9 Å². The maximum absolute atomic E-state index is 12.1. The zero-order valence-electron chi connectivity index (χ0n) is 41.0. The van der Waals surface area contributed by atoms with Crippen molar-refractivity contribution < 1.29 is 42.1 Å². The lowest BCUT2D eigenvalue weighted by atomic mass is 10.1. The molecule has 2 aromatic heterocycles. The zero-order chi connectivity index (χ0) is 51.5. The fourth-order valence-electron chi connectivity index (χ4n) is 8.14. The highest BCUT2D eigenvalue weighted by atomic mass is 32.2. The summed E-state index contributed by atoms with van der Waals surface area (Å²) < 4.78 is 39.9. The first-order valence-corrected chi connectivity index (χ1v) is 25.8. The predicted octanol–water partition coefficient (Wildman–Crippen LogP) is 5.63. The van der Waals surface area contributed by atoms with Crippen LogP contribution < -0.4 is 26.0 Å². The van der Waals surface area contributed by atoms with Gasteiger partial charge in [-0.15, -0.1) is 0 Å². The second-order valence-electron chi connectivity index (χ2n) is 17.2. The molecule has 4 N–H and O–H groups in total. The van der Waals surface area contributed by atoms with Gasteiger partial charge in [0.1, 0.15) is 0 Å². The van der Waals surface area contributed by atoms with Gasteiger partial charge in [0.2, 0.25) is 33.1 Å². The third-order valence-corrected chi connectivity index (χ3v) is 12.3. The van der Waals surface area contributed by atoms with E-state index in [9.17, 15) is 38.2 Å². The summed E-state index contributed by atoms with van der Waals surface area (Å²) >= 11 is 0. The highest BCUT2D eigenvalue weighted by Gasteiger charge is 2.31. The number of unbranched alkanes of at least 4 members (excludes halogenated alkanes) is 1. The average Bonchev–Trinajstić information content (AvgIpc) is 4.04. The number of benzene rings is 2. The van der Waals surface area contributed by atoms with Gasteiger partial charge in [0.05, 0.1) is 42.5 Å². The normalized spacial score (nSPS) is 13.8. The lowest BCUT2D eigenvalue weighted by Gasteiger charge is -2.24. The molecule has 0 bridgehead atoms. The average molecular weight is 1010 g/mol. The van der Waals surface area contributed by atoms with E-state index in [0.29, 0.717) is 13.2 Å². The minimum atomic E-state index is -3.91. The van der Waals surface area contributed by atoms with Crippen molar-refractivity contribution >= 4 is 56.4 Å². The summed E-state index contributed by atoms with van der Waals surface area (Å²) in [6.07, 6.45) is 7.30. The van der Waals surface area contributed by atoms with Crippen LogP contribution in [0.25, 0.3) is 0 Å². The molecule has 2 aliphatic rings. The number of rotatable bonds is 25. The topological polar surface area (TPSA) is 299 Å². The van der Waals surface area contributed by atoms with Crippen LogP contribution in [0.3, 0.4) is 0 Å². The van der Waals surface area contributed by atoms with Gasteiger partial charge in [-0.25, -0.2) is 8.42 Å². The van der Waals surface area contributed by atoms with Crippen molar-refractivity contribution in [2.75, 3.05) is 86.6 Å². The summed E-state index contributed by atoms with van der Waals surface area (Å²) in [5.74, 6) is -1.97. The molecular formula is C47H66N12O11S. The van der Waals surface area contributed by atoms with Crippen LogP contribution in [-0.2, 0) is 55.1 Å². The molecule has 0 radical (unpaired) electrons. The highest BCUT2D eigenvalue weighted by molar-refractivity contribution is 7.90. The Morgan fingerprint density at radius 2 is 1.13 bits per heavy atom. The molecule has 0 spiro atoms. The minimum Gasteiger partial charge on any atom is -0.466 e. The maximum Gasteiger partial charge on any atom is 0.353 e. The third-order valence-electron chi connectivity index (χ3n) is 11.5. The fraction of sp³-hybridized carbons (Fsp3) is 0.532. The van der Waals surface area contributed by atoms with Gasteiger partial charge in [0, 0.05) is 45.5 Å². The number of carbonyl (C=O) groups is 2. The summed E-state index contributed by atoms with van der Waals surface area (Å²) in [6, 6.07) is 15.8. The molecule has 2 aromatic carbocycles. The Balaban J connectivity index is 0.000000264. The number of likely N-dealkylation sites (tertiary alicyclic amines) is 2. The van der Waals surface area contributed by atoms with Crippen LogP contribution in [0.4, 0.5) is 34.6 Å². The SMILES string of the molecule is CCCCOc1nc(N)c([N+](=O)[O-])c(N(CCC(=O)OCC)Cc2cccc(CN3CCCC3)c2)n1.CCOC(=O)CCN(Cc1cccc(CN2CCCC2)c1)c1nc(S(C)(=O)=O)nc(N)c1[N+](=O)[O-]. The molecule has 24 heteroatoms. The Labute approximate surface area is 414 Å². The van der Waals surface area contributed by atoms with Crippen LogP contribution in [0, 0.1) is 20.2 Å². The molecule has 0 atom stereocenters. The Hall–Kier alpha value is -6.79. The number of ether oxygens (including phenoxy) is 3. The molecule has 71 heavy (non-hydrogen) atoms. The van der Waals surface area contributed by atoms with Crippen molar-refractivity contribution in [1.29, 1.82) is 0 Å². The Kier molecular flexibility index (Phi) is 21.0. The third kappa shape index (κ3) is 16.9. The molecule has 6 rings (SSSR count). The van der Waals surface area contributed by atoms with E-state index in [-0.39, 0.29) is 69.2 Å². The molecule has 0 saturated carbocycles. The number of sulfone groups is 1. The predicted molar refractivity (Wildman–Crippen MR) is 266 cm³/mol. The Bertz CT molecular complexity index is 2560. The molecule has 2 saturated heterocycles. The summed E-state index contributed by atoms with van der Waals surface area (Å²) in [5.41, 5.74) is 14.8. The molecule has 0 aliphatic carbocycles. The summed E-state index contributed by atoms with van der Waals surface area (Å²) in [5, 5.41) is 23.1. The first-order valence-electron chi connectivity index (χ1n) is 23.9. The number of anilines is 4. The quantitative estimate of drug-likeness (QED) is 0.0267. The van der Waals surface area contributed by atoms with Crippen LogP contribution >= 0.6 is 0 Å². The van der Waals surface area contributed by atoms with Gasteiger partial charge in [-0.1, -0.05) is 61.9 Å². The summed E-state index contributed by atoms with van der Waals surface area (Å²) in [6.45, 7) is 12.7. The Morgan fingerprint density at radius 1 is 0.690 bits per heavy atom. The Morgan fingerprint density at radius 3 is 1.55 bits per heavy atom. The molecule has 2 aliphatic heterocycles. The number of nitro groups is 2. The van der Waals surface area contributed by atoms with Crippen LogP contribution in [-0.4, -0.2) is 125 Å². The number of carbonyl (C=O) groups excluding carboxylic acids is 2. The van der Waals surface area contributed by atoms with Gasteiger partial charge in [0.15, 0.2) is 0 Å². The van der Waals surface area contributed by atoms with Gasteiger partial charge < -0.3 is 35.5 Å². The fourth-order valence-corrected chi connectivity index (χ4v) is 8.65. The second-order valence-corrected chi connectivity index (χ2v) is 19.1. The second kappa shape index (κ2) is 27.0. The number of hydrogen-bond donors (Lipinski definition) is 2. The molecule has 4 heterocycles. The van der Waals surface area contributed by atoms with Crippen molar-refractivity contribution in [2.24, 2.45) is 0 Å². The largest absolute Gasteiger partial charge is 0.466 e. The van der Waals surface area contributed by atoms with E-state index in [1.165, 1.54) is 36.1 Å². The number of aromatic nitrogens is 4. The molecule has 23 nitrogen and oxygen atoms in total. The smallest absolute Gasteiger partial charge is 0.353 e. The first kappa shape index (κ1) is 55.1. The summed E-state index contributed by atoms with van der Waals surface area (Å²) in [7, 11) is -3.91. The monoisotopic (exact) mass is 1010 g/mol. The van der Waals surface area contributed by atoms with E-state index < -0.39 is 54.0 Å². The number of nitrogens with zero attached hydrogens (tertiary/aromatic N) is 10. The standard InChI is InChI=1S/C25H36N6O5.C22H30N6O6S/c1-3-5-15-36-25-27-23(26)22(31(33)34)24(28-25)30(14-11-21(32)35-4-2)18-20-10-8-9-19(16-20)17-29-12-6-7-13-29;1-3-34-18(29)9-12-27(15-17-8-6-7-16(13-17)14-26-10-4-5-11-26)21-19(28(30)31)20(23)24-22(25-21)35(2,32)33/h8-10,16H,3-7,11-15,17-18H2,1-2H3,(H2,26,27,28);6-8,13H,3-5,9-12,14-15H2,1-2H3,(H2,23,24,25). The first-order chi connectivity index (χ1) is 34.0. The van der Waals surface area contributed by atoms with E-state index in [4.69, 9.17) is 25.7 Å². The molecule has 0 unspecified atom stereocenters. The molecule has 0 amide bonds. The van der Waals surface area contributed by atoms with Crippen LogP contribution in [0.15, 0.2) is 53.7 Å².